The Hall–Kier alpha value is -2.75. The molecule has 2 aromatic heterocycles. The van der Waals surface area contributed by atoms with Crippen molar-refractivity contribution in [2.45, 2.75) is 45.1 Å². The lowest BCUT2D eigenvalue weighted by atomic mass is 10.1. The molecule has 1 aliphatic rings. The number of fused-ring (bicyclic) bond motifs is 1. The van der Waals surface area contributed by atoms with Gasteiger partial charge in [0.2, 0.25) is 0 Å². The minimum Gasteiger partial charge on any atom is -0.287 e. The van der Waals surface area contributed by atoms with E-state index >= 15 is 0 Å². The summed E-state index contributed by atoms with van der Waals surface area (Å²) < 4.78 is 45.1. The number of halogens is 3. The molecule has 1 aromatic carbocycles. The van der Waals surface area contributed by atoms with Gasteiger partial charge in [0.25, 0.3) is 5.56 Å². The molecule has 1 atom stereocenters. The predicted molar refractivity (Wildman–Crippen MR) is 93.5 cm³/mol. The van der Waals surface area contributed by atoms with Gasteiger partial charge in [0, 0.05) is 6.54 Å². The van der Waals surface area contributed by atoms with Gasteiger partial charge < -0.3 is 0 Å². The molecule has 0 spiro atoms. The number of para-hydroxylation sites is 1. The van der Waals surface area contributed by atoms with Gasteiger partial charge in [-0.15, -0.1) is 0 Å². The molecule has 1 unspecified atom stereocenters. The van der Waals surface area contributed by atoms with E-state index in [2.05, 4.69) is 15.3 Å². The molecule has 28 heavy (non-hydrogen) atoms. The normalized spacial score (nSPS) is 18.2. The molecule has 0 radical (unpaired) electrons. The van der Waals surface area contributed by atoms with Gasteiger partial charge in [-0.2, -0.15) is 13.2 Å². The Balaban J connectivity index is 1.80. The van der Waals surface area contributed by atoms with Gasteiger partial charge in [-0.3, -0.25) is 14.3 Å². The molecule has 3 aromatic rings. The van der Waals surface area contributed by atoms with Crippen LogP contribution in [-0.4, -0.2) is 37.5 Å². The van der Waals surface area contributed by atoms with E-state index < -0.39 is 24.3 Å². The molecule has 1 aliphatic heterocycles. The van der Waals surface area contributed by atoms with Crippen LogP contribution in [0.3, 0.4) is 0 Å². The molecular weight excluding hydrogens is 375 g/mol. The molecule has 0 saturated carbocycles. The number of aryl methyl sites for hydroxylation is 1. The van der Waals surface area contributed by atoms with Crippen LogP contribution in [0.5, 0.6) is 0 Å². The molecule has 0 N–H and O–H groups in total. The third-order valence-electron chi connectivity index (χ3n) is 4.99. The van der Waals surface area contributed by atoms with E-state index in [1.54, 1.807) is 25.1 Å². The van der Waals surface area contributed by atoms with Gasteiger partial charge in [-0.05, 0) is 38.4 Å². The standard InChI is InChI=1S/C18H18F3N5O2/c1-11-14(24-28-23-11)9-25-8-4-7-15(25)16-22-13-6-3-2-5-12(13)17(27)26(16)10-18(19,20)21/h2-3,5-6,15H,4,7-10H2,1H3. The molecule has 0 amide bonds. The summed E-state index contributed by atoms with van der Waals surface area (Å²) in [4.78, 5) is 19.3. The Morgan fingerprint density at radius 3 is 2.75 bits per heavy atom. The van der Waals surface area contributed by atoms with Crippen molar-refractivity contribution in [1.82, 2.24) is 24.8 Å². The molecule has 0 aliphatic carbocycles. The van der Waals surface area contributed by atoms with E-state index in [-0.39, 0.29) is 11.2 Å². The Labute approximate surface area is 157 Å². The largest absolute Gasteiger partial charge is 0.406 e. The number of alkyl halides is 3. The molecule has 4 rings (SSSR count). The Morgan fingerprint density at radius 1 is 1.25 bits per heavy atom. The smallest absolute Gasteiger partial charge is 0.287 e. The molecule has 148 valence electrons. The van der Waals surface area contributed by atoms with Gasteiger partial charge in [0.1, 0.15) is 23.8 Å². The van der Waals surface area contributed by atoms with Crippen molar-refractivity contribution in [2.24, 2.45) is 0 Å². The molecule has 1 fully saturated rings. The van der Waals surface area contributed by atoms with Gasteiger partial charge in [0.05, 0.1) is 16.9 Å². The number of benzene rings is 1. The Morgan fingerprint density at radius 2 is 2.04 bits per heavy atom. The molecule has 0 bridgehead atoms. The highest BCUT2D eigenvalue weighted by atomic mass is 19.4. The predicted octanol–water partition coefficient (Wildman–Crippen LogP) is 2.99. The lowest BCUT2D eigenvalue weighted by molar-refractivity contribution is -0.142. The van der Waals surface area contributed by atoms with Crippen molar-refractivity contribution in [3.05, 3.63) is 51.8 Å². The maximum Gasteiger partial charge on any atom is 0.406 e. The summed E-state index contributed by atoms with van der Waals surface area (Å²) in [5, 5.41) is 7.78. The average Bonchev–Trinajstić information content (AvgIpc) is 3.26. The summed E-state index contributed by atoms with van der Waals surface area (Å²) in [5.74, 6) is 0.132. The van der Waals surface area contributed by atoms with Crippen LogP contribution < -0.4 is 5.56 Å². The van der Waals surface area contributed by atoms with Gasteiger partial charge in [-0.1, -0.05) is 22.4 Å². The maximum atomic E-state index is 13.2. The van der Waals surface area contributed by atoms with Crippen molar-refractivity contribution in [1.29, 1.82) is 0 Å². The quantitative estimate of drug-likeness (QED) is 0.678. The van der Waals surface area contributed by atoms with E-state index in [4.69, 9.17) is 4.63 Å². The first-order chi connectivity index (χ1) is 13.3. The zero-order chi connectivity index (χ0) is 19.9. The number of hydrogen-bond donors (Lipinski definition) is 0. The summed E-state index contributed by atoms with van der Waals surface area (Å²) in [7, 11) is 0. The van der Waals surface area contributed by atoms with Crippen molar-refractivity contribution < 1.29 is 17.8 Å². The maximum absolute atomic E-state index is 13.2. The van der Waals surface area contributed by atoms with Gasteiger partial charge in [-0.25, -0.2) is 9.61 Å². The molecule has 3 heterocycles. The minimum absolute atomic E-state index is 0.132. The van der Waals surface area contributed by atoms with Crippen LogP contribution in [0.4, 0.5) is 13.2 Å². The minimum atomic E-state index is -4.53. The molecule has 7 nitrogen and oxygen atoms in total. The fraction of sp³-hybridized carbons (Fsp3) is 0.444. The van der Waals surface area contributed by atoms with Crippen LogP contribution in [0.1, 0.15) is 36.1 Å². The van der Waals surface area contributed by atoms with Gasteiger partial charge in [0.15, 0.2) is 0 Å². The second kappa shape index (κ2) is 7.01. The lowest BCUT2D eigenvalue weighted by Gasteiger charge is -2.26. The highest BCUT2D eigenvalue weighted by molar-refractivity contribution is 5.77. The van der Waals surface area contributed by atoms with Crippen LogP contribution in [0.2, 0.25) is 0 Å². The second-order valence-electron chi connectivity index (χ2n) is 6.92. The highest BCUT2D eigenvalue weighted by Gasteiger charge is 2.35. The number of nitrogens with zero attached hydrogens (tertiary/aromatic N) is 5. The monoisotopic (exact) mass is 393 g/mol. The topological polar surface area (TPSA) is 77.1 Å². The molecule has 1 saturated heterocycles. The summed E-state index contributed by atoms with van der Waals surface area (Å²) in [5.41, 5.74) is 0.971. The van der Waals surface area contributed by atoms with Gasteiger partial charge >= 0.3 is 6.18 Å². The second-order valence-corrected chi connectivity index (χ2v) is 6.92. The van der Waals surface area contributed by atoms with E-state index in [1.165, 1.54) is 6.07 Å². The summed E-state index contributed by atoms with van der Waals surface area (Å²) in [6, 6.07) is 6.05. The van der Waals surface area contributed by atoms with Crippen molar-refractivity contribution in [3.8, 4) is 0 Å². The number of aromatic nitrogens is 4. The molecule has 10 heteroatoms. The summed E-state index contributed by atoms with van der Waals surface area (Å²) in [6.45, 7) is 1.42. The van der Waals surface area contributed by atoms with E-state index in [9.17, 15) is 18.0 Å². The fourth-order valence-corrected chi connectivity index (χ4v) is 3.66. The van der Waals surface area contributed by atoms with Crippen LogP contribution in [0.25, 0.3) is 10.9 Å². The molecular formula is C18H18F3N5O2. The number of likely N-dealkylation sites (tertiary alicyclic amines) is 1. The number of rotatable bonds is 4. The Kier molecular flexibility index (Phi) is 4.66. The zero-order valence-electron chi connectivity index (χ0n) is 15.1. The third kappa shape index (κ3) is 3.51. The average molecular weight is 393 g/mol. The van der Waals surface area contributed by atoms with Crippen molar-refractivity contribution in [2.75, 3.05) is 6.54 Å². The lowest BCUT2D eigenvalue weighted by Crippen LogP contribution is -2.35. The SMILES string of the molecule is Cc1nonc1CN1CCCC1c1nc2ccccc2c(=O)n1CC(F)(F)F. The zero-order valence-corrected chi connectivity index (χ0v) is 15.1. The van der Waals surface area contributed by atoms with E-state index in [0.717, 1.165) is 11.0 Å². The third-order valence-corrected chi connectivity index (χ3v) is 4.99. The first kappa shape index (κ1) is 18.6. The Bertz CT molecular complexity index is 1060. The highest BCUT2D eigenvalue weighted by Crippen LogP contribution is 2.33. The fourth-order valence-electron chi connectivity index (χ4n) is 3.66. The van der Waals surface area contributed by atoms with Crippen LogP contribution >= 0.6 is 0 Å². The van der Waals surface area contributed by atoms with E-state index in [0.29, 0.717) is 36.4 Å². The number of hydrogen-bond acceptors (Lipinski definition) is 6. The summed E-state index contributed by atoms with van der Waals surface area (Å²) >= 11 is 0. The van der Waals surface area contributed by atoms with Crippen LogP contribution in [0.15, 0.2) is 33.7 Å². The summed E-state index contributed by atoms with van der Waals surface area (Å²) in [6.07, 6.45) is -3.14. The van der Waals surface area contributed by atoms with Crippen molar-refractivity contribution in [3.63, 3.8) is 0 Å². The van der Waals surface area contributed by atoms with E-state index in [1.807, 2.05) is 4.90 Å². The van der Waals surface area contributed by atoms with Crippen molar-refractivity contribution >= 4 is 10.9 Å². The first-order valence-electron chi connectivity index (χ1n) is 8.92. The van der Waals surface area contributed by atoms with Crippen LogP contribution in [0, 0.1) is 6.92 Å². The van der Waals surface area contributed by atoms with Crippen LogP contribution in [-0.2, 0) is 13.1 Å². The first-order valence-corrected chi connectivity index (χ1v) is 8.92.